The summed E-state index contributed by atoms with van der Waals surface area (Å²) in [6, 6.07) is 15.0. The summed E-state index contributed by atoms with van der Waals surface area (Å²) in [5, 5.41) is 9.95. The topological polar surface area (TPSA) is 85.5 Å². The van der Waals surface area contributed by atoms with Gasteiger partial charge in [-0.2, -0.15) is 5.10 Å². The Kier molecular flexibility index (Phi) is 7.32. The van der Waals surface area contributed by atoms with Gasteiger partial charge < -0.3 is 19.5 Å². The Morgan fingerprint density at radius 1 is 0.900 bits per heavy atom. The van der Waals surface area contributed by atoms with Crippen molar-refractivity contribution in [1.82, 2.24) is 15.5 Å². The van der Waals surface area contributed by atoms with E-state index >= 15 is 0 Å². The van der Waals surface area contributed by atoms with Crippen LogP contribution in [0.2, 0.25) is 0 Å². The van der Waals surface area contributed by atoms with E-state index in [0.29, 0.717) is 49.3 Å². The van der Waals surface area contributed by atoms with Crippen LogP contribution in [0.4, 0.5) is 0 Å². The standard InChI is InChI=1S/C23H27N3O4/c1-4-28-18-10-8-17(9-11-18)19-14-20(26-25-19)23(27)24-15-16-7-12-21(29-5-2)22(13-16)30-6-3/h7-14H,4-6,15H2,1-3H3,(H,24,27)(H,25,26). The lowest BCUT2D eigenvalue weighted by Crippen LogP contribution is -2.23. The van der Waals surface area contributed by atoms with Gasteiger partial charge in [0.2, 0.25) is 0 Å². The molecule has 0 bridgehead atoms. The number of benzene rings is 2. The second-order valence-corrected chi connectivity index (χ2v) is 6.45. The quantitative estimate of drug-likeness (QED) is 0.524. The van der Waals surface area contributed by atoms with Gasteiger partial charge in [0, 0.05) is 12.1 Å². The number of nitrogens with zero attached hydrogens (tertiary/aromatic N) is 1. The van der Waals surface area contributed by atoms with Gasteiger partial charge in [-0.3, -0.25) is 9.89 Å². The Morgan fingerprint density at radius 2 is 1.60 bits per heavy atom. The van der Waals surface area contributed by atoms with Gasteiger partial charge in [-0.15, -0.1) is 0 Å². The molecule has 0 atom stereocenters. The number of amides is 1. The molecule has 3 rings (SSSR count). The number of H-pyrrole nitrogens is 1. The highest BCUT2D eigenvalue weighted by Crippen LogP contribution is 2.28. The minimum absolute atomic E-state index is 0.230. The van der Waals surface area contributed by atoms with E-state index in [4.69, 9.17) is 14.2 Å². The molecule has 0 radical (unpaired) electrons. The van der Waals surface area contributed by atoms with Crippen molar-refractivity contribution < 1.29 is 19.0 Å². The van der Waals surface area contributed by atoms with Crippen molar-refractivity contribution in [3.8, 4) is 28.5 Å². The summed E-state index contributed by atoms with van der Waals surface area (Å²) in [4.78, 5) is 12.5. The molecule has 7 heteroatoms. The predicted molar refractivity (Wildman–Crippen MR) is 115 cm³/mol. The van der Waals surface area contributed by atoms with Gasteiger partial charge in [0.15, 0.2) is 11.5 Å². The predicted octanol–water partition coefficient (Wildman–Crippen LogP) is 4.20. The van der Waals surface area contributed by atoms with Gasteiger partial charge in [-0.1, -0.05) is 6.07 Å². The third-order valence-electron chi connectivity index (χ3n) is 4.34. The highest BCUT2D eigenvalue weighted by atomic mass is 16.5. The summed E-state index contributed by atoms with van der Waals surface area (Å²) in [6.07, 6.45) is 0. The summed E-state index contributed by atoms with van der Waals surface area (Å²) in [5.74, 6) is 1.94. The van der Waals surface area contributed by atoms with Crippen LogP contribution in [-0.2, 0) is 6.54 Å². The molecule has 1 aromatic heterocycles. The second-order valence-electron chi connectivity index (χ2n) is 6.45. The zero-order chi connectivity index (χ0) is 21.3. The molecule has 0 unspecified atom stereocenters. The molecular weight excluding hydrogens is 382 g/mol. The molecule has 2 N–H and O–H groups in total. The van der Waals surface area contributed by atoms with Gasteiger partial charge in [0.05, 0.1) is 25.5 Å². The van der Waals surface area contributed by atoms with E-state index in [9.17, 15) is 4.79 Å². The van der Waals surface area contributed by atoms with E-state index in [0.717, 1.165) is 16.9 Å². The van der Waals surface area contributed by atoms with Crippen LogP contribution in [0.25, 0.3) is 11.3 Å². The molecule has 0 fully saturated rings. The van der Waals surface area contributed by atoms with Crippen LogP contribution >= 0.6 is 0 Å². The summed E-state index contributed by atoms with van der Waals surface area (Å²) in [7, 11) is 0. The third kappa shape index (κ3) is 5.31. The lowest BCUT2D eigenvalue weighted by Gasteiger charge is -2.12. The Hall–Kier alpha value is -3.48. The molecule has 7 nitrogen and oxygen atoms in total. The summed E-state index contributed by atoms with van der Waals surface area (Å²) in [5.41, 5.74) is 2.92. The van der Waals surface area contributed by atoms with Crippen molar-refractivity contribution in [3.05, 3.63) is 59.8 Å². The largest absolute Gasteiger partial charge is 0.494 e. The monoisotopic (exact) mass is 409 g/mol. The van der Waals surface area contributed by atoms with E-state index in [1.807, 2.05) is 63.2 Å². The molecule has 2 aromatic carbocycles. The SMILES string of the molecule is CCOc1ccc(-c2cc(C(=O)NCc3ccc(OCC)c(OCC)c3)[nH]n2)cc1. The van der Waals surface area contributed by atoms with Gasteiger partial charge in [-0.05, 0) is 68.8 Å². The molecule has 0 saturated carbocycles. The summed E-state index contributed by atoms with van der Waals surface area (Å²) in [6.45, 7) is 7.87. The number of carbonyl (C=O) groups excluding carboxylic acids is 1. The number of rotatable bonds is 10. The molecule has 158 valence electrons. The molecule has 0 saturated heterocycles. The van der Waals surface area contributed by atoms with E-state index in [-0.39, 0.29) is 5.91 Å². The molecule has 3 aromatic rings. The Labute approximate surface area is 176 Å². The molecular formula is C23H27N3O4. The average Bonchev–Trinajstić information content (AvgIpc) is 3.25. The fraction of sp³-hybridized carbons (Fsp3) is 0.304. The van der Waals surface area contributed by atoms with Crippen molar-refractivity contribution in [2.75, 3.05) is 19.8 Å². The maximum absolute atomic E-state index is 12.5. The molecule has 1 heterocycles. The first-order chi connectivity index (χ1) is 14.6. The third-order valence-corrected chi connectivity index (χ3v) is 4.34. The summed E-state index contributed by atoms with van der Waals surface area (Å²) < 4.78 is 16.7. The van der Waals surface area contributed by atoms with Crippen LogP contribution in [0.5, 0.6) is 17.2 Å². The van der Waals surface area contributed by atoms with Gasteiger partial charge in [-0.25, -0.2) is 0 Å². The maximum Gasteiger partial charge on any atom is 0.269 e. The first-order valence-corrected chi connectivity index (χ1v) is 10.1. The molecule has 0 spiro atoms. The minimum Gasteiger partial charge on any atom is -0.494 e. The van der Waals surface area contributed by atoms with Crippen molar-refractivity contribution in [1.29, 1.82) is 0 Å². The fourth-order valence-electron chi connectivity index (χ4n) is 2.96. The number of aromatic nitrogens is 2. The van der Waals surface area contributed by atoms with Crippen LogP contribution < -0.4 is 19.5 Å². The average molecular weight is 409 g/mol. The van der Waals surface area contributed by atoms with E-state index in [1.165, 1.54) is 0 Å². The normalized spacial score (nSPS) is 10.5. The first kappa shape index (κ1) is 21.2. The highest BCUT2D eigenvalue weighted by molar-refractivity contribution is 5.93. The van der Waals surface area contributed by atoms with Crippen LogP contribution in [0, 0.1) is 0 Å². The summed E-state index contributed by atoms with van der Waals surface area (Å²) >= 11 is 0. The van der Waals surface area contributed by atoms with Crippen molar-refractivity contribution in [3.63, 3.8) is 0 Å². The van der Waals surface area contributed by atoms with Gasteiger partial charge in [0.1, 0.15) is 11.4 Å². The van der Waals surface area contributed by atoms with Crippen LogP contribution in [-0.4, -0.2) is 35.9 Å². The molecule has 1 amide bonds. The first-order valence-electron chi connectivity index (χ1n) is 10.1. The van der Waals surface area contributed by atoms with E-state index in [1.54, 1.807) is 6.07 Å². The minimum atomic E-state index is -0.230. The Balaban J connectivity index is 1.63. The zero-order valence-corrected chi connectivity index (χ0v) is 17.5. The fourth-order valence-corrected chi connectivity index (χ4v) is 2.96. The van der Waals surface area contributed by atoms with E-state index < -0.39 is 0 Å². The molecule has 0 aliphatic rings. The highest BCUT2D eigenvalue weighted by Gasteiger charge is 2.12. The lowest BCUT2D eigenvalue weighted by molar-refractivity contribution is 0.0946. The number of hydrogen-bond acceptors (Lipinski definition) is 5. The number of aromatic amines is 1. The van der Waals surface area contributed by atoms with E-state index in [2.05, 4.69) is 15.5 Å². The Morgan fingerprint density at radius 3 is 2.30 bits per heavy atom. The van der Waals surface area contributed by atoms with Gasteiger partial charge >= 0.3 is 0 Å². The molecule has 0 aliphatic carbocycles. The lowest BCUT2D eigenvalue weighted by atomic mass is 10.1. The van der Waals surface area contributed by atoms with Crippen LogP contribution in [0.3, 0.4) is 0 Å². The van der Waals surface area contributed by atoms with Crippen molar-refractivity contribution in [2.24, 2.45) is 0 Å². The van der Waals surface area contributed by atoms with Crippen molar-refractivity contribution >= 4 is 5.91 Å². The Bertz CT molecular complexity index is 967. The van der Waals surface area contributed by atoms with Crippen LogP contribution in [0.1, 0.15) is 36.8 Å². The van der Waals surface area contributed by atoms with Crippen molar-refractivity contribution in [2.45, 2.75) is 27.3 Å². The number of ether oxygens (including phenoxy) is 3. The number of hydrogen-bond donors (Lipinski definition) is 2. The molecule has 30 heavy (non-hydrogen) atoms. The smallest absolute Gasteiger partial charge is 0.269 e. The van der Waals surface area contributed by atoms with Crippen LogP contribution in [0.15, 0.2) is 48.5 Å². The number of nitrogens with one attached hydrogen (secondary N) is 2. The zero-order valence-electron chi connectivity index (χ0n) is 17.5. The second kappa shape index (κ2) is 10.3. The molecule has 0 aliphatic heterocycles. The maximum atomic E-state index is 12.5. The van der Waals surface area contributed by atoms with Gasteiger partial charge in [0.25, 0.3) is 5.91 Å². The number of carbonyl (C=O) groups is 1.